The largest absolute Gasteiger partial charge is 0.411 e. The molecule has 0 saturated carbocycles. The fourth-order valence-corrected chi connectivity index (χ4v) is 2.39. The lowest BCUT2D eigenvalue weighted by Crippen LogP contribution is -2.43. The number of hydrogen-bond acceptors (Lipinski definition) is 3. The van der Waals surface area contributed by atoms with Gasteiger partial charge in [-0.15, -0.1) is 0 Å². The number of amidine groups is 1. The molecule has 0 aromatic carbocycles. The normalized spacial score (nSPS) is 27.6. The lowest BCUT2D eigenvalue weighted by molar-refractivity contribution is -0.158. The van der Waals surface area contributed by atoms with E-state index in [1.165, 1.54) is 16.7 Å². The average molecular weight is 224 g/mol. The van der Waals surface area contributed by atoms with Crippen molar-refractivity contribution in [2.24, 2.45) is 4.99 Å². The Balaban J connectivity index is 2.25. The molecule has 0 aromatic rings. The Bertz CT molecular complexity index is 302. The van der Waals surface area contributed by atoms with Crippen LogP contribution in [0.1, 0.15) is 6.42 Å². The minimum Gasteiger partial charge on any atom is -0.291 e. The summed E-state index contributed by atoms with van der Waals surface area (Å²) in [4.78, 5) is 16.1. The van der Waals surface area contributed by atoms with Gasteiger partial charge in [0.1, 0.15) is 0 Å². The summed E-state index contributed by atoms with van der Waals surface area (Å²) in [6.45, 7) is 0.479. The second-order valence-corrected chi connectivity index (χ2v) is 4.13. The molecule has 2 aliphatic heterocycles. The topological polar surface area (TPSA) is 32.7 Å². The SMILES string of the molecule is O=C1CC(C(F)(F)F)N=C2SCCN12. The molecule has 0 aliphatic carbocycles. The molecule has 0 aromatic heterocycles. The average Bonchev–Trinajstić information content (AvgIpc) is 2.50. The molecular formula is C7H7F3N2OS. The van der Waals surface area contributed by atoms with Crippen LogP contribution in [0.3, 0.4) is 0 Å². The highest BCUT2D eigenvalue weighted by Crippen LogP contribution is 2.32. The molecule has 1 atom stereocenters. The van der Waals surface area contributed by atoms with Gasteiger partial charge in [0.2, 0.25) is 5.91 Å². The molecule has 0 radical (unpaired) electrons. The quantitative estimate of drug-likeness (QED) is 0.620. The molecule has 2 heterocycles. The van der Waals surface area contributed by atoms with Gasteiger partial charge in [0.15, 0.2) is 11.2 Å². The molecular weight excluding hydrogens is 217 g/mol. The van der Waals surface area contributed by atoms with Crippen molar-refractivity contribution in [3.63, 3.8) is 0 Å². The zero-order chi connectivity index (χ0) is 10.3. The van der Waals surface area contributed by atoms with Crippen LogP contribution >= 0.6 is 11.8 Å². The number of halogens is 3. The predicted molar refractivity (Wildman–Crippen MR) is 46.1 cm³/mol. The summed E-state index contributed by atoms with van der Waals surface area (Å²) < 4.78 is 36.9. The van der Waals surface area contributed by atoms with Crippen molar-refractivity contribution >= 4 is 22.8 Å². The van der Waals surface area contributed by atoms with Crippen LogP contribution in [0.25, 0.3) is 0 Å². The van der Waals surface area contributed by atoms with Crippen LogP contribution in [0.4, 0.5) is 13.2 Å². The van der Waals surface area contributed by atoms with Crippen LogP contribution < -0.4 is 0 Å². The van der Waals surface area contributed by atoms with Crippen molar-refractivity contribution in [1.82, 2.24) is 4.90 Å². The molecule has 2 aliphatic rings. The molecule has 14 heavy (non-hydrogen) atoms. The Hall–Kier alpha value is -0.720. The lowest BCUT2D eigenvalue weighted by Gasteiger charge is -2.26. The Morgan fingerprint density at radius 2 is 2.21 bits per heavy atom. The van der Waals surface area contributed by atoms with Crippen LogP contribution in [-0.2, 0) is 4.79 Å². The van der Waals surface area contributed by atoms with Gasteiger partial charge in [-0.3, -0.25) is 9.69 Å². The lowest BCUT2D eigenvalue weighted by atomic mass is 10.1. The third kappa shape index (κ3) is 1.60. The summed E-state index contributed by atoms with van der Waals surface area (Å²) in [5, 5.41) is 0.226. The Labute approximate surface area is 82.4 Å². The van der Waals surface area contributed by atoms with Gasteiger partial charge in [-0.05, 0) is 0 Å². The standard InChI is InChI=1S/C7H7F3N2OS/c8-7(9,10)4-3-5(13)12-1-2-14-6(12)11-4/h4H,1-3H2. The van der Waals surface area contributed by atoms with Crippen LogP contribution in [-0.4, -0.2) is 40.5 Å². The first-order valence-corrected chi connectivity index (χ1v) is 5.05. The minimum absolute atomic E-state index is 0.226. The summed E-state index contributed by atoms with van der Waals surface area (Å²) in [7, 11) is 0. The van der Waals surface area contributed by atoms with Crippen LogP contribution in [0.2, 0.25) is 0 Å². The number of nitrogens with zero attached hydrogens (tertiary/aromatic N) is 2. The molecule has 0 N–H and O–H groups in total. The van der Waals surface area contributed by atoms with Crippen molar-refractivity contribution in [3.05, 3.63) is 0 Å². The van der Waals surface area contributed by atoms with Crippen molar-refractivity contribution in [2.45, 2.75) is 18.6 Å². The minimum atomic E-state index is -4.40. The first-order chi connectivity index (χ1) is 6.48. The number of thioether (sulfide) groups is 1. The third-order valence-electron chi connectivity index (χ3n) is 2.09. The Kier molecular flexibility index (Phi) is 2.21. The summed E-state index contributed by atoms with van der Waals surface area (Å²) >= 11 is 1.20. The van der Waals surface area contributed by atoms with Gasteiger partial charge in [-0.25, -0.2) is 4.99 Å². The predicted octanol–water partition coefficient (Wildman–Crippen LogP) is 1.25. The highest BCUT2D eigenvalue weighted by molar-refractivity contribution is 8.14. The number of carbonyl (C=O) groups is 1. The van der Waals surface area contributed by atoms with Gasteiger partial charge in [0, 0.05) is 12.3 Å². The zero-order valence-corrected chi connectivity index (χ0v) is 7.86. The first-order valence-electron chi connectivity index (χ1n) is 4.06. The van der Waals surface area contributed by atoms with E-state index in [9.17, 15) is 18.0 Å². The van der Waals surface area contributed by atoms with E-state index in [0.29, 0.717) is 12.3 Å². The Morgan fingerprint density at radius 1 is 1.50 bits per heavy atom. The Morgan fingerprint density at radius 3 is 2.86 bits per heavy atom. The summed E-state index contributed by atoms with van der Waals surface area (Å²) in [5.74, 6) is 0.164. The van der Waals surface area contributed by atoms with Gasteiger partial charge in [-0.2, -0.15) is 13.2 Å². The van der Waals surface area contributed by atoms with Gasteiger partial charge in [0.25, 0.3) is 0 Å². The van der Waals surface area contributed by atoms with Crippen LogP contribution in [0.5, 0.6) is 0 Å². The highest BCUT2D eigenvalue weighted by atomic mass is 32.2. The van der Waals surface area contributed by atoms with Crippen LogP contribution in [0, 0.1) is 0 Å². The molecule has 0 spiro atoms. The molecule has 0 bridgehead atoms. The number of hydrogen-bond donors (Lipinski definition) is 0. The molecule has 2 rings (SSSR count). The molecule has 1 saturated heterocycles. The van der Waals surface area contributed by atoms with E-state index < -0.39 is 24.5 Å². The fourth-order valence-electron chi connectivity index (χ4n) is 1.38. The van der Waals surface area contributed by atoms with Crippen molar-refractivity contribution in [3.8, 4) is 0 Å². The van der Waals surface area contributed by atoms with Gasteiger partial charge in [-0.1, -0.05) is 11.8 Å². The first kappa shape index (κ1) is 9.82. The maximum atomic E-state index is 12.3. The van der Waals surface area contributed by atoms with Gasteiger partial charge < -0.3 is 0 Å². The van der Waals surface area contributed by atoms with E-state index in [1.807, 2.05) is 0 Å². The molecule has 1 fully saturated rings. The number of alkyl halides is 3. The third-order valence-corrected chi connectivity index (χ3v) is 3.06. The van der Waals surface area contributed by atoms with E-state index in [4.69, 9.17) is 0 Å². The van der Waals surface area contributed by atoms with Crippen molar-refractivity contribution < 1.29 is 18.0 Å². The fraction of sp³-hybridized carbons (Fsp3) is 0.714. The molecule has 78 valence electrons. The number of rotatable bonds is 0. The van der Waals surface area contributed by atoms with E-state index >= 15 is 0 Å². The smallest absolute Gasteiger partial charge is 0.291 e. The van der Waals surface area contributed by atoms with Crippen LogP contribution in [0.15, 0.2) is 4.99 Å². The second kappa shape index (κ2) is 3.15. The highest BCUT2D eigenvalue weighted by Gasteiger charge is 2.46. The number of amides is 1. The van der Waals surface area contributed by atoms with E-state index in [-0.39, 0.29) is 5.17 Å². The zero-order valence-electron chi connectivity index (χ0n) is 7.04. The summed E-state index contributed by atoms with van der Waals surface area (Å²) in [6.07, 6.45) is -4.95. The number of carbonyl (C=O) groups excluding carboxylic acids is 1. The summed E-state index contributed by atoms with van der Waals surface area (Å²) in [5.41, 5.74) is 0. The molecule has 7 heteroatoms. The summed E-state index contributed by atoms with van der Waals surface area (Å²) in [6, 6.07) is -1.84. The molecule has 3 nitrogen and oxygen atoms in total. The van der Waals surface area contributed by atoms with E-state index in [0.717, 1.165) is 0 Å². The monoisotopic (exact) mass is 224 g/mol. The van der Waals surface area contributed by atoms with E-state index in [2.05, 4.69) is 4.99 Å². The molecule has 1 unspecified atom stereocenters. The maximum Gasteiger partial charge on any atom is 0.411 e. The number of fused-ring (bicyclic) bond motifs is 1. The van der Waals surface area contributed by atoms with Gasteiger partial charge in [0.05, 0.1) is 6.42 Å². The van der Waals surface area contributed by atoms with Crippen molar-refractivity contribution in [1.29, 1.82) is 0 Å². The van der Waals surface area contributed by atoms with E-state index in [1.54, 1.807) is 0 Å². The van der Waals surface area contributed by atoms with Crippen molar-refractivity contribution in [2.75, 3.05) is 12.3 Å². The van der Waals surface area contributed by atoms with Gasteiger partial charge >= 0.3 is 6.18 Å². The molecule has 1 amide bonds. The number of aliphatic imine (C=N–C) groups is 1. The maximum absolute atomic E-state index is 12.3. The second-order valence-electron chi connectivity index (χ2n) is 3.07.